The number of hydrogen-bond donors (Lipinski definition) is 1. The highest BCUT2D eigenvalue weighted by molar-refractivity contribution is 8.10. The molecular weight excluding hydrogens is 387 g/mol. The van der Waals surface area contributed by atoms with Crippen LogP contribution in [-0.4, -0.2) is 36.2 Å². The zero-order valence-corrected chi connectivity index (χ0v) is 20.6. The maximum atomic E-state index is 11.9. The molecule has 0 saturated heterocycles. The lowest BCUT2D eigenvalue weighted by molar-refractivity contribution is -0.119. The van der Waals surface area contributed by atoms with E-state index in [2.05, 4.69) is 49.3 Å². The Morgan fingerprint density at radius 3 is 2.32 bits per heavy atom. The van der Waals surface area contributed by atoms with Gasteiger partial charge in [-0.05, 0) is 50.8 Å². The van der Waals surface area contributed by atoms with Crippen molar-refractivity contribution in [2.75, 3.05) is 19.6 Å². The van der Waals surface area contributed by atoms with Crippen molar-refractivity contribution in [3.63, 3.8) is 0 Å². The molecule has 2 unspecified atom stereocenters. The van der Waals surface area contributed by atoms with Crippen LogP contribution < -0.4 is 5.09 Å². The number of Topliss-reactive ketones (excluding diaryl/α,β-unsaturated/α-hetero) is 1. The molecule has 0 amide bonds. The molecule has 1 N–H and O–H groups in total. The van der Waals surface area contributed by atoms with Gasteiger partial charge in [-0.1, -0.05) is 34.1 Å². The van der Waals surface area contributed by atoms with Gasteiger partial charge in [0.05, 0.1) is 6.10 Å². The fraction of sp³-hybridized carbons (Fsp3) is 0.864. The summed E-state index contributed by atoms with van der Waals surface area (Å²) < 4.78 is 8.69. The summed E-state index contributed by atoms with van der Waals surface area (Å²) in [6.07, 6.45) is 9.14. The molecule has 0 saturated carbocycles. The van der Waals surface area contributed by atoms with Crippen molar-refractivity contribution in [3.8, 4) is 11.8 Å². The number of rotatable bonds is 17. The van der Waals surface area contributed by atoms with Crippen molar-refractivity contribution in [2.45, 2.75) is 105 Å². The van der Waals surface area contributed by atoms with Crippen LogP contribution in [0.15, 0.2) is 0 Å². The number of hydrogen-bond acceptors (Lipinski definition) is 3. The maximum absolute atomic E-state index is 11.9. The van der Waals surface area contributed by atoms with Gasteiger partial charge in [-0.25, -0.2) is 4.67 Å². The van der Waals surface area contributed by atoms with E-state index in [9.17, 15) is 4.79 Å². The molecule has 4 nitrogen and oxygen atoms in total. The zero-order chi connectivity index (χ0) is 21.3. The summed E-state index contributed by atoms with van der Waals surface area (Å²) in [7, 11) is 0. The fourth-order valence-electron chi connectivity index (χ4n) is 2.80. The first-order chi connectivity index (χ1) is 13.4. The molecular formula is C22H43N2O2PS. The Labute approximate surface area is 179 Å². The topological polar surface area (TPSA) is 41.6 Å². The number of nitrogens with zero attached hydrogens (tertiary/aromatic N) is 1. The van der Waals surface area contributed by atoms with Crippen molar-refractivity contribution >= 4 is 24.2 Å². The van der Waals surface area contributed by atoms with E-state index in [-0.39, 0.29) is 6.10 Å². The minimum absolute atomic E-state index is 0.169. The van der Waals surface area contributed by atoms with Crippen molar-refractivity contribution in [1.82, 2.24) is 9.76 Å². The number of unbranched alkanes of at least 4 members (excludes halogenated alkanes) is 2. The molecule has 0 radical (unpaired) electrons. The van der Waals surface area contributed by atoms with Gasteiger partial charge in [-0.2, -0.15) is 0 Å². The summed E-state index contributed by atoms with van der Waals surface area (Å²) in [5.41, 5.74) is 0. The normalized spacial score (nSPS) is 14.4. The van der Waals surface area contributed by atoms with Gasteiger partial charge in [-0.3, -0.25) is 9.88 Å². The second-order valence-corrected chi connectivity index (χ2v) is 10.9. The largest absolute Gasteiger partial charge is 0.324 e. The highest BCUT2D eigenvalue weighted by atomic mass is 32.5. The third-order valence-corrected chi connectivity index (χ3v) is 8.26. The van der Waals surface area contributed by atoms with Gasteiger partial charge < -0.3 is 4.52 Å². The minimum atomic E-state index is -2.19. The fourth-order valence-corrected chi connectivity index (χ4v) is 6.41. The Morgan fingerprint density at radius 1 is 1.07 bits per heavy atom. The van der Waals surface area contributed by atoms with Crippen LogP contribution in [0, 0.1) is 11.8 Å². The Kier molecular flexibility index (Phi) is 17.5. The van der Waals surface area contributed by atoms with Crippen LogP contribution in [0.2, 0.25) is 0 Å². The lowest BCUT2D eigenvalue weighted by atomic mass is 10.1. The zero-order valence-electron chi connectivity index (χ0n) is 18.9. The van der Waals surface area contributed by atoms with Crippen molar-refractivity contribution in [2.24, 2.45) is 0 Å². The maximum Gasteiger partial charge on any atom is 0.200 e. The van der Waals surface area contributed by atoms with Crippen LogP contribution in [0.1, 0.15) is 98.8 Å². The second-order valence-electron chi connectivity index (χ2n) is 7.26. The highest BCUT2D eigenvalue weighted by Crippen LogP contribution is 2.48. The summed E-state index contributed by atoms with van der Waals surface area (Å²) in [6, 6.07) is 0. The van der Waals surface area contributed by atoms with Gasteiger partial charge in [0.1, 0.15) is 5.78 Å². The van der Waals surface area contributed by atoms with Gasteiger partial charge in [0, 0.05) is 45.3 Å². The third kappa shape index (κ3) is 13.1. The van der Waals surface area contributed by atoms with E-state index >= 15 is 0 Å². The molecule has 28 heavy (non-hydrogen) atoms. The van der Waals surface area contributed by atoms with Crippen molar-refractivity contribution in [3.05, 3.63) is 0 Å². The molecule has 0 spiro atoms. The number of carbonyl (C=O) groups is 1. The summed E-state index contributed by atoms with van der Waals surface area (Å²) in [5.74, 6) is 6.38. The van der Waals surface area contributed by atoms with E-state index in [0.29, 0.717) is 25.0 Å². The summed E-state index contributed by atoms with van der Waals surface area (Å²) in [4.78, 5) is 11.9. The summed E-state index contributed by atoms with van der Waals surface area (Å²) >= 11 is 6.02. The number of nitrogens with one attached hydrogen (secondary N) is 1. The van der Waals surface area contributed by atoms with Crippen LogP contribution in [0.25, 0.3) is 0 Å². The van der Waals surface area contributed by atoms with Gasteiger partial charge in [-0.15, -0.1) is 11.8 Å². The standard InChI is InChI=1S/C22H43N2O2PS/c1-6-10-11-13-16-22(25)17-14-12-15-18-23-27(28,26-21(5)9-4)24(19-7-2)20-8-3/h21H,6-9,12-20H2,1-5H3,(H,23,28). The molecule has 0 fully saturated rings. The molecule has 0 aliphatic carbocycles. The van der Waals surface area contributed by atoms with E-state index in [4.69, 9.17) is 16.3 Å². The van der Waals surface area contributed by atoms with Crippen LogP contribution in [0.3, 0.4) is 0 Å². The van der Waals surface area contributed by atoms with Crippen molar-refractivity contribution in [1.29, 1.82) is 0 Å². The molecule has 6 heteroatoms. The summed E-state index contributed by atoms with van der Waals surface area (Å²) in [6.45, 7) is 11.3. The highest BCUT2D eigenvalue weighted by Gasteiger charge is 2.27. The van der Waals surface area contributed by atoms with Gasteiger partial charge in [0.25, 0.3) is 0 Å². The first-order valence-electron chi connectivity index (χ1n) is 11.2. The quantitative estimate of drug-likeness (QED) is 0.173. The Bertz CT molecular complexity index is 510. The summed E-state index contributed by atoms with van der Waals surface area (Å²) in [5, 5.41) is 3.59. The van der Waals surface area contributed by atoms with Gasteiger partial charge in [0.2, 0.25) is 6.57 Å². The smallest absolute Gasteiger partial charge is 0.200 e. The average molecular weight is 431 g/mol. The van der Waals surface area contributed by atoms with Crippen LogP contribution in [-0.2, 0) is 21.1 Å². The van der Waals surface area contributed by atoms with E-state index < -0.39 is 6.57 Å². The predicted octanol–water partition coefficient (Wildman–Crippen LogP) is 6.06. The lowest BCUT2D eigenvalue weighted by Gasteiger charge is -2.36. The van der Waals surface area contributed by atoms with E-state index in [0.717, 1.165) is 64.6 Å². The Balaban J connectivity index is 4.36. The molecule has 2 atom stereocenters. The van der Waals surface area contributed by atoms with E-state index in [1.165, 1.54) is 0 Å². The molecule has 0 heterocycles. The predicted molar refractivity (Wildman–Crippen MR) is 126 cm³/mol. The SMILES string of the molecule is CCC#CCCC(=O)CCCCCNP(=S)(OC(C)CC)N(CCC)CCC. The minimum Gasteiger partial charge on any atom is -0.324 e. The Hall–Kier alpha value is -0.240. The molecule has 0 bridgehead atoms. The lowest BCUT2D eigenvalue weighted by Crippen LogP contribution is -2.32. The Morgan fingerprint density at radius 2 is 1.75 bits per heavy atom. The van der Waals surface area contributed by atoms with Gasteiger partial charge >= 0.3 is 0 Å². The van der Waals surface area contributed by atoms with E-state index in [1.807, 2.05) is 6.92 Å². The molecule has 164 valence electrons. The molecule has 0 aromatic carbocycles. The third-order valence-electron chi connectivity index (χ3n) is 4.51. The van der Waals surface area contributed by atoms with Crippen LogP contribution >= 0.6 is 6.57 Å². The van der Waals surface area contributed by atoms with Crippen LogP contribution in [0.4, 0.5) is 0 Å². The van der Waals surface area contributed by atoms with Crippen LogP contribution in [0.5, 0.6) is 0 Å². The monoisotopic (exact) mass is 430 g/mol. The molecule has 0 aromatic rings. The molecule has 0 aliphatic rings. The molecule has 0 aliphatic heterocycles. The first kappa shape index (κ1) is 27.8. The molecule has 0 aromatic heterocycles. The molecule has 0 rings (SSSR count). The first-order valence-corrected chi connectivity index (χ1v) is 13.9. The second kappa shape index (κ2) is 17.6. The van der Waals surface area contributed by atoms with Gasteiger partial charge in [0.15, 0.2) is 0 Å². The van der Waals surface area contributed by atoms with Crippen molar-refractivity contribution < 1.29 is 9.32 Å². The van der Waals surface area contributed by atoms with E-state index in [1.54, 1.807) is 0 Å². The average Bonchev–Trinajstić information content (AvgIpc) is 2.67. The number of ketones is 1. The number of carbonyl (C=O) groups excluding carboxylic acids is 1.